The molecule has 0 spiro atoms. The Labute approximate surface area is 380 Å². The topological polar surface area (TPSA) is 180 Å². The largest absolute Gasteiger partial charge is 0.493 e. The van der Waals surface area contributed by atoms with Crippen molar-refractivity contribution in [3.05, 3.63) is 73.6 Å². The van der Waals surface area contributed by atoms with E-state index in [1.54, 1.807) is 13.3 Å². The number of piperazine rings is 1. The first-order valence-electron chi connectivity index (χ1n) is 22.2. The maximum Gasteiger partial charge on any atom is 0.341 e. The molecule has 17 heteroatoms. The lowest BCUT2D eigenvalue weighted by Crippen LogP contribution is -2.57. The Morgan fingerprint density at radius 1 is 1.08 bits per heavy atom. The molecule has 2 aromatic heterocycles. The number of hydrogen-bond donors (Lipinski definition) is 3. The van der Waals surface area contributed by atoms with Crippen LogP contribution in [0.15, 0.2) is 57.0 Å². The molecule has 1 aromatic carbocycles. The van der Waals surface area contributed by atoms with Crippen LogP contribution in [0.1, 0.15) is 87.3 Å². The van der Waals surface area contributed by atoms with E-state index < -0.39 is 17.4 Å². The molecule has 0 aliphatic carbocycles. The summed E-state index contributed by atoms with van der Waals surface area (Å²) < 4.78 is 19.0. The average Bonchev–Trinajstić information content (AvgIpc) is 3.80. The van der Waals surface area contributed by atoms with Gasteiger partial charge in [0.25, 0.3) is 0 Å². The number of rotatable bonds is 21. The third-order valence-electron chi connectivity index (χ3n) is 12.4. The first-order chi connectivity index (χ1) is 30.5. The summed E-state index contributed by atoms with van der Waals surface area (Å²) in [5, 5.41) is 19.3. The number of unbranched alkanes of at least 4 members (excludes halogenated alkanes) is 3. The van der Waals surface area contributed by atoms with Crippen molar-refractivity contribution >= 4 is 35.5 Å². The number of likely N-dealkylation sites (N-methyl/N-ethyl adjacent to an activating group) is 1. The van der Waals surface area contributed by atoms with Crippen LogP contribution in [0.2, 0.25) is 0 Å². The number of fused-ring (bicyclic) bond motifs is 3. The Morgan fingerprint density at radius 2 is 1.86 bits per heavy atom. The molecule has 1 amide bonds. The molecule has 3 aliphatic heterocycles. The molecule has 1 saturated heterocycles. The lowest BCUT2D eigenvalue weighted by atomic mass is 9.78. The number of hydrogen-bond acceptors (Lipinski definition) is 14. The number of nitrogens with zero attached hydrogens (tertiary/aromatic N) is 6. The van der Waals surface area contributed by atoms with Crippen molar-refractivity contribution in [2.75, 3.05) is 86.8 Å². The normalized spacial score (nSPS) is 18.1. The number of carboxylic acids is 1. The van der Waals surface area contributed by atoms with Gasteiger partial charge in [0.05, 0.1) is 38.6 Å². The van der Waals surface area contributed by atoms with Crippen LogP contribution in [0, 0.1) is 10.8 Å². The number of amides is 1. The van der Waals surface area contributed by atoms with Gasteiger partial charge in [0, 0.05) is 93.0 Å². The van der Waals surface area contributed by atoms with Gasteiger partial charge in [-0.15, -0.1) is 11.3 Å². The summed E-state index contributed by atoms with van der Waals surface area (Å²) in [6.07, 6.45) is 8.81. The maximum atomic E-state index is 12.8. The summed E-state index contributed by atoms with van der Waals surface area (Å²) in [6, 6.07) is 5.40. The Bertz CT molecular complexity index is 2250. The zero-order valence-electron chi connectivity index (χ0n) is 38.7. The Balaban J connectivity index is 0.931. The summed E-state index contributed by atoms with van der Waals surface area (Å²) in [4.78, 5) is 65.2. The summed E-state index contributed by atoms with van der Waals surface area (Å²) in [7, 11) is 5.09. The van der Waals surface area contributed by atoms with Crippen LogP contribution in [0.25, 0.3) is 11.3 Å². The third kappa shape index (κ3) is 12.0. The van der Waals surface area contributed by atoms with Crippen LogP contribution in [0.5, 0.6) is 11.5 Å². The maximum absolute atomic E-state index is 12.8. The number of carboxylic acid groups (broad SMARTS) is 1. The molecule has 0 bridgehead atoms. The zero-order chi connectivity index (χ0) is 46.2. The number of nitrogens with one attached hydrogen (secondary N) is 2. The molecule has 2 unspecified atom stereocenters. The summed E-state index contributed by atoms with van der Waals surface area (Å²) in [5.74, 6) is 0.269. The third-order valence-corrected chi connectivity index (χ3v) is 13.2. The van der Waals surface area contributed by atoms with Crippen molar-refractivity contribution < 1.29 is 33.7 Å². The molecule has 5 heterocycles. The highest BCUT2D eigenvalue weighted by Crippen LogP contribution is 2.45. The molecule has 6 rings (SSSR count). The van der Waals surface area contributed by atoms with Gasteiger partial charge >= 0.3 is 11.9 Å². The number of thiazole rings is 1. The van der Waals surface area contributed by atoms with Gasteiger partial charge in [0.2, 0.25) is 6.41 Å². The second-order valence-electron chi connectivity index (χ2n) is 19.0. The number of esters is 1. The minimum atomic E-state index is -1.23. The van der Waals surface area contributed by atoms with Crippen molar-refractivity contribution in [1.82, 2.24) is 34.9 Å². The quantitative estimate of drug-likeness (QED) is 0.0746. The molecule has 3 N–H and O–H groups in total. The molecular formula is C47H66N8O8S. The number of carbonyl (C=O) groups excluding carboxylic acids is 2. The first-order valence-corrected chi connectivity index (χ1v) is 23.1. The predicted molar refractivity (Wildman–Crippen MR) is 249 cm³/mol. The zero-order valence-corrected chi connectivity index (χ0v) is 39.5. The molecule has 16 nitrogen and oxygen atoms in total. The molecule has 348 valence electrons. The van der Waals surface area contributed by atoms with Gasteiger partial charge in [-0.3, -0.25) is 24.4 Å². The van der Waals surface area contributed by atoms with Gasteiger partial charge < -0.3 is 39.4 Å². The monoisotopic (exact) mass is 902 g/mol. The van der Waals surface area contributed by atoms with Gasteiger partial charge in [-0.05, 0) is 61.4 Å². The van der Waals surface area contributed by atoms with Gasteiger partial charge in [-0.25, -0.2) is 14.6 Å². The first kappa shape index (κ1) is 48.4. The highest BCUT2D eigenvalue weighted by molar-refractivity contribution is 7.11. The van der Waals surface area contributed by atoms with Crippen molar-refractivity contribution in [3.8, 4) is 22.8 Å². The van der Waals surface area contributed by atoms with Crippen LogP contribution in [0.4, 0.5) is 0 Å². The van der Waals surface area contributed by atoms with E-state index in [1.807, 2.05) is 27.0 Å². The van der Waals surface area contributed by atoms with Crippen molar-refractivity contribution in [1.29, 1.82) is 0 Å². The van der Waals surface area contributed by atoms with E-state index in [2.05, 4.69) is 72.1 Å². The van der Waals surface area contributed by atoms with E-state index >= 15 is 0 Å². The number of pyridine rings is 1. The minimum absolute atomic E-state index is 0.0617. The Kier molecular flexibility index (Phi) is 16.1. The Hall–Kier alpha value is -5.10. The average molecular weight is 903 g/mol. The van der Waals surface area contributed by atoms with Crippen molar-refractivity contribution in [3.63, 3.8) is 0 Å². The fourth-order valence-corrected chi connectivity index (χ4v) is 9.42. The number of aromatic carboxylic acids is 1. The van der Waals surface area contributed by atoms with Gasteiger partial charge in [0.1, 0.15) is 5.56 Å². The number of aliphatic imine (C=N–C) groups is 1. The van der Waals surface area contributed by atoms with Gasteiger partial charge in [-0.1, -0.05) is 47.5 Å². The molecule has 2 atom stereocenters. The fourth-order valence-electron chi connectivity index (χ4n) is 8.83. The second-order valence-corrected chi connectivity index (χ2v) is 19.9. The van der Waals surface area contributed by atoms with E-state index in [0.29, 0.717) is 61.3 Å². The molecule has 3 aliphatic rings. The number of amidine groups is 1. The van der Waals surface area contributed by atoms with E-state index in [0.717, 1.165) is 86.6 Å². The van der Waals surface area contributed by atoms with E-state index in [-0.39, 0.29) is 35.0 Å². The predicted octanol–water partition coefficient (Wildman–Crippen LogP) is 4.93. The van der Waals surface area contributed by atoms with Gasteiger partial charge in [0.15, 0.2) is 27.8 Å². The van der Waals surface area contributed by atoms with E-state index in [9.17, 15) is 24.3 Å². The smallest absolute Gasteiger partial charge is 0.341 e. The molecule has 1 fully saturated rings. The molecular weight excluding hydrogens is 837 g/mol. The van der Waals surface area contributed by atoms with Crippen molar-refractivity contribution in [2.24, 2.45) is 15.8 Å². The van der Waals surface area contributed by atoms with Crippen LogP contribution in [-0.4, -0.2) is 146 Å². The number of ether oxygens (including phenoxy) is 3. The van der Waals surface area contributed by atoms with Crippen LogP contribution in [-0.2, 0) is 20.7 Å². The van der Waals surface area contributed by atoms with E-state index in [1.165, 1.54) is 30.7 Å². The number of aromatic nitrogens is 2. The van der Waals surface area contributed by atoms with E-state index in [4.69, 9.17) is 14.2 Å². The minimum Gasteiger partial charge on any atom is -0.493 e. The highest BCUT2D eigenvalue weighted by Gasteiger charge is 2.35. The fraction of sp³-hybridized carbons (Fsp3) is 0.574. The number of carbonyl (C=O) groups is 3. The number of methoxy groups -OCH3 is 2. The van der Waals surface area contributed by atoms with Crippen LogP contribution >= 0.6 is 11.3 Å². The standard InChI is InChI=1S/C47H66N8O8S/c1-46(2,3)41-20-31-19-40(39(61-7)21-33(31)37-22-38(57)35(44(58)59)26-55(37)41)63-17-12-10-9-11-13-48-28-47(4,5)29-54(30-56)25-32-24-53(16-15-52(32)6)27-36-34(45(60)62-8)23-50-42(51-36)43-49-14-18-64-43/h14,18-19,21-22,26,30,32,41,48H,9-13,15-17,20,23-25,27-29H2,1-8H3,(H,50,51)(H,58,59). The van der Waals surface area contributed by atoms with Crippen molar-refractivity contribution in [2.45, 2.75) is 78.8 Å². The second kappa shape index (κ2) is 21.3. The van der Waals surface area contributed by atoms with Crippen LogP contribution < -0.4 is 25.5 Å². The number of benzene rings is 1. The molecule has 0 saturated carbocycles. The SMILES string of the molecule is COC(=O)C1=C(CN2CCN(C)C(CN(C=O)CC(C)(C)CNCCCCCCOc3cc4c(cc3OC)-c3cc(=O)c(C(=O)O)cn3C(C(C)(C)C)C4)C2)NC(c2nccs2)=NC1. The highest BCUT2D eigenvalue weighted by atomic mass is 32.1. The molecule has 3 aromatic rings. The molecule has 0 radical (unpaired) electrons. The van der Waals surface area contributed by atoms with Crippen LogP contribution in [0.3, 0.4) is 0 Å². The summed E-state index contributed by atoms with van der Waals surface area (Å²) in [5.41, 5.74) is 2.75. The Morgan fingerprint density at radius 3 is 2.55 bits per heavy atom. The lowest BCUT2D eigenvalue weighted by molar-refractivity contribution is -0.136. The molecule has 64 heavy (non-hydrogen) atoms. The lowest BCUT2D eigenvalue weighted by Gasteiger charge is -2.42. The summed E-state index contributed by atoms with van der Waals surface area (Å²) >= 11 is 1.49. The van der Waals surface area contributed by atoms with Gasteiger partial charge in [-0.2, -0.15) is 0 Å². The summed E-state index contributed by atoms with van der Waals surface area (Å²) in [6.45, 7) is 17.3.